The van der Waals surface area contributed by atoms with Gasteiger partial charge < -0.3 is 15.4 Å². The van der Waals surface area contributed by atoms with Crippen molar-refractivity contribution in [3.05, 3.63) is 29.8 Å². The number of aliphatic imine (C=N–C) groups is 1. The highest BCUT2D eigenvalue weighted by Crippen LogP contribution is 2.28. The van der Waals surface area contributed by atoms with E-state index in [-0.39, 0.29) is 24.0 Å². The summed E-state index contributed by atoms with van der Waals surface area (Å²) in [5.74, 6) is 1.54. The predicted octanol–water partition coefficient (Wildman–Crippen LogP) is 2.96. The van der Waals surface area contributed by atoms with Crippen molar-refractivity contribution >= 4 is 40.0 Å². The lowest BCUT2D eigenvalue weighted by Crippen LogP contribution is -2.37. The van der Waals surface area contributed by atoms with E-state index in [0.717, 1.165) is 62.9 Å². The summed E-state index contributed by atoms with van der Waals surface area (Å²) in [5, 5.41) is 6.54. The molecule has 2 fully saturated rings. The van der Waals surface area contributed by atoms with Crippen molar-refractivity contribution in [2.24, 2.45) is 10.9 Å². The van der Waals surface area contributed by atoms with Crippen LogP contribution < -0.4 is 10.6 Å². The first kappa shape index (κ1) is 25.4. The molecule has 0 radical (unpaired) electrons. The van der Waals surface area contributed by atoms with Gasteiger partial charge in [0.1, 0.15) is 0 Å². The highest BCUT2D eigenvalue weighted by atomic mass is 127. The molecule has 30 heavy (non-hydrogen) atoms. The van der Waals surface area contributed by atoms with Gasteiger partial charge in [-0.3, -0.25) is 4.99 Å². The minimum Gasteiger partial charge on any atom is -0.381 e. The van der Waals surface area contributed by atoms with E-state index in [2.05, 4.69) is 15.6 Å². The van der Waals surface area contributed by atoms with E-state index in [0.29, 0.717) is 24.5 Å². The van der Waals surface area contributed by atoms with E-state index in [4.69, 9.17) is 4.74 Å². The topological polar surface area (TPSA) is 83.0 Å². The number of guanidine groups is 1. The highest BCUT2D eigenvalue weighted by molar-refractivity contribution is 14.0. The van der Waals surface area contributed by atoms with Gasteiger partial charge >= 0.3 is 0 Å². The molecule has 1 saturated carbocycles. The maximum Gasteiger partial charge on any atom is 0.243 e. The van der Waals surface area contributed by atoms with Gasteiger partial charge in [0.15, 0.2) is 5.96 Å². The van der Waals surface area contributed by atoms with E-state index in [1.165, 1.54) is 12.8 Å². The number of piperidine rings is 1. The molecule has 0 unspecified atom stereocenters. The maximum atomic E-state index is 12.7. The molecule has 1 aliphatic heterocycles. The molecule has 2 aliphatic rings. The molecule has 1 aliphatic carbocycles. The Hall–Kier alpha value is -0.910. The standard InChI is InChI=1S/C21H34N4O3S.HI/c1-22-21(23-12-5-15-28-17-19-6-7-19)24-16-18-8-10-20(11-9-18)29(26,27)25-13-3-2-4-14-25;/h8-11,19H,2-7,12-17H2,1H3,(H2,22,23,24);1H. The first-order chi connectivity index (χ1) is 14.1. The average molecular weight is 551 g/mol. The Morgan fingerprint density at radius 1 is 1.13 bits per heavy atom. The van der Waals surface area contributed by atoms with E-state index in [9.17, 15) is 8.42 Å². The van der Waals surface area contributed by atoms with E-state index in [1.807, 2.05) is 12.1 Å². The van der Waals surface area contributed by atoms with E-state index >= 15 is 0 Å². The lowest BCUT2D eigenvalue weighted by atomic mass is 10.2. The molecule has 3 rings (SSSR count). The van der Waals surface area contributed by atoms with E-state index in [1.54, 1.807) is 23.5 Å². The minimum absolute atomic E-state index is 0. The number of sulfonamides is 1. The zero-order chi connectivity index (χ0) is 20.5. The molecular formula is C21H35IN4O3S. The summed E-state index contributed by atoms with van der Waals surface area (Å²) in [5.41, 5.74) is 1.01. The van der Waals surface area contributed by atoms with Gasteiger partial charge in [-0.15, -0.1) is 24.0 Å². The van der Waals surface area contributed by atoms with Crippen LogP contribution in [0.2, 0.25) is 0 Å². The van der Waals surface area contributed by atoms with E-state index < -0.39 is 10.0 Å². The van der Waals surface area contributed by atoms with Crippen molar-refractivity contribution in [2.75, 3.05) is 39.9 Å². The van der Waals surface area contributed by atoms with Gasteiger partial charge in [0.05, 0.1) is 4.90 Å². The Morgan fingerprint density at radius 3 is 2.47 bits per heavy atom. The number of rotatable bonds is 10. The summed E-state index contributed by atoms with van der Waals surface area (Å²) in [6, 6.07) is 7.13. The van der Waals surface area contributed by atoms with Crippen LogP contribution in [0.4, 0.5) is 0 Å². The van der Waals surface area contributed by atoms with Crippen LogP contribution in [0.1, 0.15) is 44.1 Å². The van der Waals surface area contributed by atoms with Crippen molar-refractivity contribution in [1.82, 2.24) is 14.9 Å². The largest absolute Gasteiger partial charge is 0.381 e. The fourth-order valence-electron chi connectivity index (χ4n) is 3.36. The predicted molar refractivity (Wildman–Crippen MR) is 131 cm³/mol. The third kappa shape index (κ3) is 7.97. The fraction of sp³-hybridized carbons (Fsp3) is 0.667. The summed E-state index contributed by atoms with van der Waals surface area (Å²) < 4.78 is 32.7. The minimum atomic E-state index is -3.37. The van der Waals surface area contributed by atoms with Crippen LogP contribution in [0.3, 0.4) is 0 Å². The normalized spacial score (nSPS) is 18.0. The van der Waals surface area contributed by atoms with Crippen molar-refractivity contribution < 1.29 is 13.2 Å². The van der Waals surface area contributed by atoms with Gasteiger partial charge in [0.2, 0.25) is 10.0 Å². The second-order valence-electron chi connectivity index (χ2n) is 7.83. The van der Waals surface area contributed by atoms with Gasteiger partial charge in [0.25, 0.3) is 0 Å². The molecule has 7 nitrogen and oxygen atoms in total. The van der Waals surface area contributed by atoms with Gasteiger partial charge in [0, 0.05) is 46.4 Å². The van der Waals surface area contributed by atoms with Gasteiger partial charge in [-0.1, -0.05) is 18.6 Å². The molecule has 9 heteroatoms. The average Bonchev–Trinajstić information content (AvgIpc) is 3.58. The van der Waals surface area contributed by atoms with Crippen molar-refractivity contribution in [1.29, 1.82) is 0 Å². The number of hydrogen-bond acceptors (Lipinski definition) is 4. The molecule has 0 spiro atoms. The molecule has 0 aromatic heterocycles. The highest BCUT2D eigenvalue weighted by Gasteiger charge is 2.25. The summed E-state index contributed by atoms with van der Waals surface area (Å²) >= 11 is 0. The number of ether oxygens (including phenoxy) is 1. The zero-order valence-electron chi connectivity index (χ0n) is 17.8. The summed E-state index contributed by atoms with van der Waals surface area (Å²) in [6.45, 7) is 4.31. The number of nitrogens with one attached hydrogen (secondary N) is 2. The number of benzene rings is 1. The van der Waals surface area contributed by atoms with Crippen LogP contribution >= 0.6 is 24.0 Å². The third-order valence-electron chi connectivity index (χ3n) is 5.37. The molecule has 0 amide bonds. The lowest BCUT2D eigenvalue weighted by molar-refractivity contribution is 0.123. The van der Waals surface area contributed by atoms with Crippen LogP contribution in [0.25, 0.3) is 0 Å². The van der Waals surface area contributed by atoms with Crippen LogP contribution in [0.5, 0.6) is 0 Å². The van der Waals surface area contributed by atoms with Crippen LogP contribution in [0.15, 0.2) is 34.2 Å². The Bertz CT molecular complexity index is 761. The van der Waals surface area contributed by atoms with Gasteiger partial charge in [-0.25, -0.2) is 8.42 Å². The third-order valence-corrected chi connectivity index (χ3v) is 7.28. The lowest BCUT2D eigenvalue weighted by Gasteiger charge is -2.25. The first-order valence-electron chi connectivity index (χ1n) is 10.7. The molecule has 170 valence electrons. The summed E-state index contributed by atoms with van der Waals surface area (Å²) in [7, 11) is -1.63. The van der Waals surface area contributed by atoms with Gasteiger partial charge in [-0.05, 0) is 55.7 Å². The molecule has 1 aromatic carbocycles. The summed E-state index contributed by atoms with van der Waals surface area (Å²) in [6.07, 6.45) is 6.58. The molecule has 2 N–H and O–H groups in total. The van der Waals surface area contributed by atoms with Crippen LogP contribution in [-0.2, 0) is 21.3 Å². The Labute approximate surface area is 198 Å². The quantitative estimate of drug-likeness (QED) is 0.203. The maximum absolute atomic E-state index is 12.7. The Balaban J connectivity index is 0.00000320. The molecule has 0 bridgehead atoms. The molecule has 0 atom stereocenters. The second kappa shape index (κ2) is 12.8. The van der Waals surface area contributed by atoms with Crippen molar-refractivity contribution in [3.63, 3.8) is 0 Å². The number of nitrogens with zero attached hydrogens (tertiary/aromatic N) is 2. The monoisotopic (exact) mass is 550 g/mol. The zero-order valence-corrected chi connectivity index (χ0v) is 21.0. The Morgan fingerprint density at radius 2 is 1.83 bits per heavy atom. The van der Waals surface area contributed by atoms with Crippen LogP contribution in [-0.4, -0.2) is 58.6 Å². The van der Waals surface area contributed by atoms with Gasteiger partial charge in [-0.2, -0.15) is 4.31 Å². The fourth-order valence-corrected chi connectivity index (χ4v) is 4.87. The van der Waals surface area contributed by atoms with Crippen molar-refractivity contribution in [3.8, 4) is 0 Å². The number of hydrogen-bond donors (Lipinski definition) is 2. The SMILES string of the molecule is CN=C(NCCCOCC1CC1)NCc1ccc(S(=O)(=O)N2CCCCC2)cc1.I. The molecule has 1 saturated heterocycles. The Kier molecular flexibility index (Phi) is 10.8. The smallest absolute Gasteiger partial charge is 0.243 e. The summed E-state index contributed by atoms with van der Waals surface area (Å²) in [4.78, 5) is 4.60. The first-order valence-corrected chi connectivity index (χ1v) is 12.1. The molecular weight excluding hydrogens is 515 g/mol. The molecule has 1 aromatic rings. The molecule has 1 heterocycles. The number of halogens is 1. The van der Waals surface area contributed by atoms with Crippen molar-refractivity contribution in [2.45, 2.75) is 50.0 Å². The van der Waals surface area contributed by atoms with Crippen LogP contribution in [0, 0.1) is 5.92 Å². The second-order valence-corrected chi connectivity index (χ2v) is 9.77.